The van der Waals surface area contributed by atoms with Crippen molar-refractivity contribution in [2.24, 2.45) is 0 Å². The normalized spacial score (nSPS) is 11.1. The van der Waals surface area contributed by atoms with Gasteiger partial charge < -0.3 is 5.32 Å². The minimum absolute atomic E-state index is 0.0743. The van der Waals surface area contributed by atoms with Gasteiger partial charge in [0, 0.05) is 31.5 Å². The number of rotatable bonds is 4. The van der Waals surface area contributed by atoms with Crippen LogP contribution in [-0.2, 0) is 6.54 Å². The maximum Gasteiger partial charge on any atom is 0.328 e. The highest BCUT2D eigenvalue weighted by molar-refractivity contribution is 4.83. The summed E-state index contributed by atoms with van der Waals surface area (Å²) >= 11 is 0. The van der Waals surface area contributed by atoms with E-state index in [9.17, 15) is 4.79 Å². The van der Waals surface area contributed by atoms with Gasteiger partial charge in [0.05, 0.1) is 0 Å². The summed E-state index contributed by atoms with van der Waals surface area (Å²) in [4.78, 5) is 11.6. The van der Waals surface area contributed by atoms with E-state index in [1.54, 1.807) is 9.13 Å². The molecular weight excluding hydrogens is 166 g/mol. The molecule has 0 amide bonds. The zero-order valence-electron chi connectivity index (χ0n) is 8.45. The van der Waals surface area contributed by atoms with E-state index in [1.807, 2.05) is 33.3 Å². The minimum atomic E-state index is 0.0743. The van der Waals surface area contributed by atoms with Crippen LogP contribution < -0.4 is 11.0 Å². The fourth-order valence-corrected chi connectivity index (χ4v) is 1.22. The molecule has 0 saturated carbocycles. The molecule has 74 valence electrons. The number of aromatic nitrogens is 2. The van der Waals surface area contributed by atoms with Crippen LogP contribution in [0.4, 0.5) is 0 Å². The Kier molecular flexibility index (Phi) is 3.31. The predicted molar refractivity (Wildman–Crippen MR) is 53.0 cm³/mol. The number of hydrogen-bond donors (Lipinski definition) is 1. The van der Waals surface area contributed by atoms with Gasteiger partial charge in [-0.25, -0.2) is 4.79 Å². The molecular formula is C9H17N3O. The van der Waals surface area contributed by atoms with E-state index in [-0.39, 0.29) is 11.7 Å². The second-order valence-corrected chi connectivity index (χ2v) is 3.38. The second-order valence-electron chi connectivity index (χ2n) is 3.38. The maximum atomic E-state index is 11.6. The summed E-state index contributed by atoms with van der Waals surface area (Å²) in [6.45, 7) is 5.56. The maximum absolute atomic E-state index is 11.6. The molecule has 0 bridgehead atoms. The average molecular weight is 183 g/mol. The quantitative estimate of drug-likeness (QED) is 0.736. The first-order valence-corrected chi connectivity index (χ1v) is 4.58. The summed E-state index contributed by atoms with van der Waals surface area (Å²) in [5, 5.41) is 3.01. The zero-order valence-corrected chi connectivity index (χ0v) is 8.45. The highest BCUT2D eigenvalue weighted by atomic mass is 16.1. The second kappa shape index (κ2) is 4.28. The van der Waals surface area contributed by atoms with Crippen molar-refractivity contribution in [1.29, 1.82) is 0 Å². The topological polar surface area (TPSA) is 39.0 Å². The molecule has 0 aliphatic heterocycles. The third-order valence-electron chi connectivity index (χ3n) is 2.03. The van der Waals surface area contributed by atoms with Crippen LogP contribution in [-0.4, -0.2) is 22.7 Å². The third-order valence-corrected chi connectivity index (χ3v) is 2.03. The molecule has 0 atom stereocenters. The van der Waals surface area contributed by atoms with Gasteiger partial charge in [-0.05, 0) is 20.9 Å². The van der Waals surface area contributed by atoms with Gasteiger partial charge in [-0.1, -0.05) is 0 Å². The molecule has 0 saturated heterocycles. The van der Waals surface area contributed by atoms with Crippen LogP contribution in [0.1, 0.15) is 19.9 Å². The Labute approximate surface area is 78.2 Å². The molecule has 0 aromatic carbocycles. The fraction of sp³-hybridized carbons (Fsp3) is 0.667. The lowest BCUT2D eigenvalue weighted by atomic mass is 10.4. The van der Waals surface area contributed by atoms with E-state index in [4.69, 9.17) is 0 Å². The monoisotopic (exact) mass is 183 g/mol. The highest BCUT2D eigenvalue weighted by Gasteiger charge is 2.04. The Bertz CT molecular complexity index is 311. The largest absolute Gasteiger partial charge is 0.328 e. The molecule has 0 aliphatic rings. The minimum Gasteiger partial charge on any atom is -0.318 e. The van der Waals surface area contributed by atoms with Crippen molar-refractivity contribution in [1.82, 2.24) is 14.5 Å². The molecule has 1 aromatic heterocycles. The molecule has 4 nitrogen and oxygen atoms in total. The molecule has 0 fully saturated rings. The van der Waals surface area contributed by atoms with Gasteiger partial charge in [0.2, 0.25) is 0 Å². The Morgan fingerprint density at radius 2 is 2.15 bits per heavy atom. The fourth-order valence-electron chi connectivity index (χ4n) is 1.22. The first-order valence-electron chi connectivity index (χ1n) is 4.58. The Morgan fingerprint density at radius 1 is 1.46 bits per heavy atom. The predicted octanol–water partition coefficient (Wildman–Crippen LogP) is 0.450. The number of nitrogens with zero attached hydrogens (tertiary/aromatic N) is 2. The Balaban J connectivity index is 2.81. The van der Waals surface area contributed by atoms with Crippen molar-refractivity contribution >= 4 is 0 Å². The molecule has 0 radical (unpaired) electrons. The first kappa shape index (κ1) is 10.1. The lowest BCUT2D eigenvalue weighted by Crippen LogP contribution is -2.28. The van der Waals surface area contributed by atoms with E-state index >= 15 is 0 Å². The summed E-state index contributed by atoms with van der Waals surface area (Å²) < 4.78 is 3.45. The molecule has 1 aromatic rings. The van der Waals surface area contributed by atoms with Crippen molar-refractivity contribution in [2.45, 2.75) is 26.4 Å². The average Bonchev–Trinajstić information content (AvgIpc) is 2.43. The van der Waals surface area contributed by atoms with E-state index in [2.05, 4.69) is 5.32 Å². The molecule has 0 aliphatic carbocycles. The van der Waals surface area contributed by atoms with E-state index in [0.717, 1.165) is 13.1 Å². The summed E-state index contributed by atoms with van der Waals surface area (Å²) in [5.74, 6) is 0. The molecule has 1 N–H and O–H groups in total. The summed E-state index contributed by atoms with van der Waals surface area (Å²) in [6.07, 6.45) is 3.67. The lowest BCUT2D eigenvalue weighted by Gasteiger charge is -2.04. The van der Waals surface area contributed by atoms with Crippen LogP contribution in [0.2, 0.25) is 0 Å². The van der Waals surface area contributed by atoms with Crippen molar-refractivity contribution < 1.29 is 0 Å². The molecule has 0 spiro atoms. The van der Waals surface area contributed by atoms with E-state index in [1.165, 1.54) is 0 Å². The van der Waals surface area contributed by atoms with E-state index < -0.39 is 0 Å². The number of nitrogens with one attached hydrogen (secondary N) is 1. The van der Waals surface area contributed by atoms with Crippen molar-refractivity contribution in [3.8, 4) is 0 Å². The molecule has 1 rings (SSSR count). The van der Waals surface area contributed by atoms with Gasteiger partial charge in [-0.15, -0.1) is 0 Å². The first-order chi connectivity index (χ1) is 6.16. The summed E-state index contributed by atoms with van der Waals surface area (Å²) in [5.41, 5.74) is 0.0743. The van der Waals surface area contributed by atoms with Gasteiger partial charge in [0.15, 0.2) is 0 Å². The molecule has 1 heterocycles. The van der Waals surface area contributed by atoms with Crippen LogP contribution in [0.25, 0.3) is 0 Å². The molecule has 13 heavy (non-hydrogen) atoms. The van der Waals surface area contributed by atoms with Gasteiger partial charge in [0.25, 0.3) is 0 Å². The van der Waals surface area contributed by atoms with Crippen molar-refractivity contribution in [3.63, 3.8) is 0 Å². The van der Waals surface area contributed by atoms with Gasteiger partial charge in [0.1, 0.15) is 0 Å². The van der Waals surface area contributed by atoms with Crippen LogP contribution in [0.5, 0.6) is 0 Å². The van der Waals surface area contributed by atoms with Crippen LogP contribution in [0.15, 0.2) is 17.2 Å². The van der Waals surface area contributed by atoms with Crippen LogP contribution in [0.3, 0.4) is 0 Å². The van der Waals surface area contributed by atoms with Crippen molar-refractivity contribution in [2.75, 3.05) is 13.6 Å². The number of imidazole rings is 1. The van der Waals surface area contributed by atoms with Crippen LogP contribution in [0, 0.1) is 0 Å². The third kappa shape index (κ3) is 2.21. The van der Waals surface area contributed by atoms with Crippen molar-refractivity contribution in [3.05, 3.63) is 22.9 Å². The van der Waals surface area contributed by atoms with E-state index in [0.29, 0.717) is 0 Å². The SMILES string of the molecule is CNCCn1ccn(C(C)C)c1=O. The van der Waals surface area contributed by atoms with Gasteiger partial charge in [-0.2, -0.15) is 0 Å². The molecule has 0 unspecified atom stereocenters. The highest BCUT2D eigenvalue weighted by Crippen LogP contribution is 1.98. The van der Waals surface area contributed by atoms with Gasteiger partial charge >= 0.3 is 5.69 Å². The summed E-state index contributed by atoms with van der Waals surface area (Å²) in [6, 6.07) is 0.239. The van der Waals surface area contributed by atoms with Crippen LogP contribution >= 0.6 is 0 Å². The summed E-state index contributed by atoms with van der Waals surface area (Å²) in [7, 11) is 1.88. The standard InChI is InChI=1S/C9H17N3O/c1-8(2)12-7-6-11(9(12)13)5-4-10-3/h6-8,10H,4-5H2,1-3H3. The number of hydrogen-bond acceptors (Lipinski definition) is 2. The molecule has 4 heteroatoms. The number of likely N-dealkylation sites (N-methyl/N-ethyl adjacent to an activating group) is 1. The van der Waals surface area contributed by atoms with Gasteiger partial charge in [-0.3, -0.25) is 9.13 Å². The Hall–Kier alpha value is -1.03. The smallest absolute Gasteiger partial charge is 0.318 e. The Morgan fingerprint density at radius 3 is 2.62 bits per heavy atom. The zero-order chi connectivity index (χ0) is 9.84. The lowest BCUT2D eigenvalue weighted by molar-refractivity contribution is 0.544.